The first kappa shape index (κ1) is 20.3. The molecular formula is C21H26ClN5O. The fourth-order valence-corrected chi connectivity index (χ4v) is 3.55. The standard InChI is InChI=1S/C21H26ClN5O/c1-5-26(6-2)12-11-23-21(28)17-13-24-20-18(19(17)22)15(4)25-27(20)16-9-7-14(3)8-10-16/h7-10,13H,5-6,11-12H2,1-4H3,(H,23,28). The minimum Gasteiger partial charge on any atom is -0.351 e. The van der Waals surface area contributed by atoms with Gasteiger partial charge in [-0.05, 0) is 39.1 Å². The molecule has 0 saturated carbocycles. The number of nitrogens with one attached hydrogen (secondary N) is 1. The predicted molar refractivity (Wildman–Crippen MR) is 113 cm³/mol. The zero-order valence-electron chi connectivity index (χ0n) is 16.8. The van der Waals surface area contributed by atoms with Crippen LogP contribution in [0.5, 0.6) is 0 Å². The first-order valence-electron chi connectivity index (χ1n) is 9.57. The summed E-state index contributed by atoms with van der Waals surface area (Å²) in [6, 6.07) is 8.03. The van der Waals surface area contributed by atoms with Crippen LogP contribution in [0.4, 0.5) is 0 Å². The molecule has 0 unspecified atom stereocenters. The molecule has 1 N–H and O–H groups in total. The summed E-state index contributed by atoms with van der Waals surface area (Å²) in [6.07, 6.45) is 1.53. The van der Waals surface area contributed by atoms with Crippen LogP contribution in [0.2, 0.25) is 5.02 Å². The molecule has 0 aliphatic carbocycles. The van der Waals surface area contributed by atoms with Gasteiger partial charge in [-0.15, -0.1) is 0 Å². The first-order valence-corrected chi connectivity index (χ1v) is 9.95. The molecular weight excluding hydrogens is 374 g/mol. The molecule has 0 atom stereocenters. The van der Waals surface area contributed by atoms with Crippen LogP contribution < -0.4 is 5.32 Å². The van der Waals surface area contributed by atoms with Crippen LogP contribution in [-0.2, 0) is 0 Å². The fourth-order valence-electron chi connectivity index (χ4n) is 3.20. The van der Waals surface area contributed by atoms with Gasteiger partial charge in [0.05, 0.1) is 27.4 Å². The third-order valence-electron chi connectivity index (χ3n) is 4.94. The number of halogens is 1. The van der Waals surface area contributed by atoms with Crippen molar-refractivity contribution in [3.63, 3.8) is 0 Å². The van der Waals surface area contributed by atoms with Crippen molar-refractivity contribution in [3.8, 4) is 5.69 Å². The van der Waals surface area contributed by atoms with E-state index in [9.17, 15) is 4.79 Å². The van der Waals surface area contributed by atoms with Crippen molar-refractivity contribution >= 4 is 28.5 Å². The van der Waals surface area contributed by atoms with Gasteiger partial charge < -0.3 is 10.2 Å². The van der Waals surface area contributed by atoms with E-state index in [-0.39, 0.29) is 5.91 Å². The van der Waals surface area contributed by atoms with E-state index in [4.69, 9.17) is 11.6 Å². The second kappa shape index (κ2) is 8.71. The number of pyridine rings is 1. The maximum Gasteiger partial charge on any atom is 0.254 e. The Morgan fingerprint density at radius 1 is 1.18 bits per heavy atom. The van der Waals surface area contributed by atoms with E-state index >= 15 is 0 Å². The molecule has 0 bridgehead atoms. The number of amides is 1. The number of carbonyl (C=O) groups excluding carboxylic acids is 1. The molecule has 0 aliphatic heterocycles. The van der Waals surface area contributed by atoms with Crippen molar-refractivity contribution in [3.05, 3.63) is 52.3 Å². The SMILES string of the molecule is CCN(CC)CCNC(=O)c1cnc2c(c(C)nn2-c2ccc(C)cc2)c1Cl. The number of carbonyl (C=O) groups is 1. The summed E-state index contributed by atoms with van der Waals surface area (Å²) in [5.74, 6) is -0.214. The zero-order chi connectivity index (χ0) is 20.3. The molecule has 1 amide bonds. The van der Waals surface area contributed by atoms with Crippen molar-refractivity contribution < 1.29 is 4.79 Å². The van der Waals surface area contributed by atoms with Gasteiger partial charge in [0.2, 0.25) is 0 Å². The van der Waals surface area contributed by atoms with Crippen molar-refractivity contribution in [2.24, 2.45) is 0 Å². The van der Waals surface area contributed by atoms with Crippen molar-refractivity contribution in [1.82, 2.24) is 25.0 Å². The fraction of sp³-hybridized carbons (Fsp3) is 0.381. The van der Waals surface area contributed by atoms with Gasteiger partial charge in [0.1, 0.15) is 0 Å². The highest BCUT2D eigenvalue weighted by Gasteiger charge is 2.20. The molecule has 3 rings (SSSR count). The number of aryl methyl sites for hydroxylation is 2. The molecule has 28 heavy (non-hydrogen) atoms. The highest BCUT2D eigenvalue weighted by Crippen LogP contribution is 2.30. The van der Waals surface area contributed by atoms with E-state index in [1.807, 2.05) is 38.1 Å². The number of benzene rings is 1. The summed E-state index contributed by atoms with van der Waals surface area (Å²) in [5, 5.41) is 8.62. The van der Waals surface area contributed by atoms with Crippen molar-refractivity contribution in [2.75, 3.05) is 26.2 Å². The van der Waals surface area contributed by atoms with Crippen LogP contribution in [0.1, 0.15) is 35.5 Å². The Balaban J connectivity index is 1.88. The highest BCUT2D eigenvalue weighted by atomic mass is 35.5. The highest BCUT2D eigenvalue weighted by molar-refractivity contribution is 6.38. The van der Waals surface area contributed by atoms with Crippen LogP contribution in [0.3, 0.4) is 0 Å². The summed E-state index contributed by atoms with van der Waals surface area (Å²) in [5.41, 5.74) is 3.84. The minimum atomic E-state index is -0.214. The molecule has 7 heteroatoms. The largest absolute Gasteiger partial charge is 0.351 e. The second-order valence-electron chi connectivity index (χ2n) is 6.80. The molecule has 0 saturated heterocycles. The van der Waals surface area contributed by atoms with Gasteiger partial charge in [-0.1, -0.05) is 43.1 Å². The van der Waals surface area contributed by atoms with Gasteiger partial charge in [0.15, 0.2) is 5.65 Å². The molecule has 2 heterocycles. The summed E-state index contributed by atoms with van der Waals surface area (Å²) in [4.78, 5) is 19.4. The smallest absolute Gasteiger partial charge is 0.254 e. The third-order valence-corrected chi connectivity index (χ3v) is 5.33. The average molecular weight is 400 g/mol. The van der Waals surface area contributed by atoms with Crippen LogP contribution in [0.15, 0.2) is 30.5 Å². The molecule has 0 fully saturated rings. The van der Waals surface area contributed by atoms with Gasteiger partial charge in [-0.2, -0.15) is 5.10 Å². The Kier molecular flexibility index (Phi) is 6.31. The zero-order valence-corrected chi connectivity index (χ0v) is 17.5. The summed E-state index contributed by atoms with van der Waals surface area (Å²) < 4.78 is 1.76. The van der Waals surface area contributed by atoms with Gasteiger partial charge in [-0.25, -0.2) is 9.67 Å². The Morgan fingerprint density at radius 2 is 1.86 bits per heavy atom. The van der Waals surface area contributed by atoms with Gasteiger partial charge in [-0.3, -0.25) is 4.79 Å². The monoisotopic (exact) mass is 399 g/mol. The number of likely N-dealkylation sites (N-methyl/N-ethyl adjacent to an activating group) is 1. The summed E-state index contributed by atoms with van der Waals surface area (Å²) in [7, 11) is 0. The molecule has 3 aromatic rings. The average Bonchev–Trinajstić information content (AvgIpc) is 3.03. The molecule has 1 aromatic carbocycles. The number of fused-ring (bicyclic) bond motifs is 1. The maximum atomic E-state index is 12.6. The molecule has 2 aromatic heterocycles. The summed E-state index contributed by atoms with van der Waals surface area (Å²) in [6.45, 7) is 11.4. The van der Waals surface area contributed by atoms with Crippen molar-refractivity contribution in [1.29, 1.82) is 0 Å². The normalized spacial score (nSPS) is 11.4. The quantitative estimate of drug-likeness (QED) is 0.657. The number of rotatable bonds is 7. The molecule has 6 nitrogen and oxygen atoms in total. The van der Waals surface area contributed by atoms with E-state index in [2.05, 4.69) is 34.1 Å². The Hall–Kier alpha value is -2.44. The number of nitrogens with zero attached hydrogens (tertiary/aromatic N) is 4. The van der Waals surface area contributed by atoms with Gasteiger partial charge in [0, 0.05) is 19.3 Å². The van der Waals surface area contributed by atoms with Gasteiger partial charge in [0.25, 0.3) is 5.91 Å². The molecule has 0 aliphatic rings. The number of hydrogen-bond acceptors (Lipinski definition) is 4. The molecule has 148 valence electrons. The maximum absolute atomic E-state index is 12.6. The Labute approximate surface area is 170 Å². The number of hydrogen-bond donors (Lipinski definition) is 1. The minimum absolute atomic E-state index is 0.214. The predicted octanol–water partition coefficient (Wildman–Crippen LogP) is 3.76. The topological polar surface area (TPSA) is 63.1 Å². The Bertz CT molecular complexity index is 977. The lowest BCUT2D eigenvalue weighted by molar-refractivity contribution is 0.0949. The van der Waals surface area contributed by atoms with E-state index in [0.29, 0.717) is 28.2 Å². The Morgan fingerprint density at radius 3 is 2.50 bits per heavy atom. The van der Waals surface area contributed by atoms with Crippen LogP contribution in [0, 0.1) is 13.8 Å². The lowest BCUT2D eigenvalue weighted by Gasteiger charge is -2.18. The van der Waals surface area contributed by atoms with E-state index in [1.54, 1.807) is 4.68 Å². The van der Waals surface area contributed by atoms with Crippen LogP contribution in [-0.4, -0.2) is 51.8 Å². The lowest BCUT2D eigenvalue weighted by atomic mass is 10.2. The van der Waals surface area contributed by atoms with E-state index < -0.39 is 0 Å². The second-order valence-corrected chi connectivity index (χ2v) is 7.18. The summed E-state index contributed by atoms with van der Waals surface area (Å²) >= 11 is 6.60. The van der Waals surface area contributed by atoms with E-state index in [0.717, 1.165) is 31.0 Å². The first-order chi connectivity index (χ1) is 13.5. The van der Waals surface area contributed by atoms with Crippen molar-refractivity contribution in [2.45, 2.75) is 27.7 Å². The van der Waals surface area contributed by atoms with Gasteiger partial charge >= 0.3 is 0 Å². The van der Waals surface area contributed by atoms with Crippen LogP contribution >= 0.6 is 11.6 Å². The van der Waals surface area contributed by atoms with Crippen LogP contribution in [0.25, 0.3) is 16.7 Å². The van der Waals surface area contributed by atoms with E-state index in [1.165, 1.54) is 11.8 Å². The lowest BCUT2D eigenvalue weighted by Crippen LogP contribution is -2.34. The number of aromatic nitrogens is 3. The third kappa shape index (κ3) is 4.03. The molecule has 0 radical (unpaired) electrons. The molecule has 0 spiro atoms.